The van der Waals surface area contributed by atoms with Crippen molar-refractivity contribution in [2.75, 3.05) is 11.1 Å². The highest BCUT2D eigenvalue weighted by Crippen LogP contribution is 2.35. The molecule has 2 unspecified atom stereocenters. The summed E-state index contributed by atoms with van der Waals surface area (Å²) in [5.41, 5.74) is 0.643. The lowest BCUT2D eigenvalue weighted by Crippen LogP contribution is -2.25. The van der Waals surface area contributed by atoms with Gasteiger partial charge in [-0.15, -0.1) is 0 Å². The summed E-state index contributed by atoms with van der Waals surface area (Å²) < 4.78 is 13.0. The first kappa shape index (κ1) is 12.3. The van der Waals surface area contributed by atoms with E-state index in [9.17, 15) is 4.39 Å². The number of anilines is 1. The van der Waals surface area contributed by atoms with Crippen LogP contribution >= 0.6 is 35.0 Å². The van der Waals surface area contributed by atoms with Crippen molar-refractivity contribution in [3.8, 4) is 0 Å². The zero-order chi connectivity index (χ0) is 11.7. The first-order chi connectivity index (χ1) is 7.58. The zero-order valence-corrected chi connectivity index (χ0v) is 11.1. The minimum atomic E-state index is -0.408. The third kappa shape index (κ3) is 2.58. The van der Waals surface area contributed by atoms with Gasteiger partial charge in [0.25, 0.3) is 0 Å². The Morgan fingerprint density at radius 2 is 2.00 bits per heavy atom. The molecule has 0 amide bonds. The summed E-state index contributed by atoms with van der Waals surface area (Å²) in [5, 5.41) is 4.51. The van der Waals surface area contributed by atoms with Crippen LogP contribution in [-0.2, 0) is 0 Å². The van der Waals surface area contributed by atoms with Crippen LogP contribution in [0.1, 0.15) is 13.3 Å². The van der Waals surface area contributed by atoms with Gasteiger partial charge in [-0.2, -0.15) is 11.8 Å². The van der Waals surface area contributed by atoms with Gasteiger partial charge in [0, 0.05) is 11.3 Å². The Hall–Kier alpha value is -0.120. The van der Waals surface area contributed by atoms with Gasteiger partial charge in [-0.25, -0.2) is 4.39 Å². The van der Waals surface area contributed by atoms with Crippen LogP contribution in [0.25, 0.3) is 0 Å². The minimum Gasteiger partial charge on any atom is -0.379 e. The second kappa shape index (κ2) is 5.03. The first-order valence-electron chi connectivity index (χ1n) is 5.10. The molecule has 0 saturated carbocycles. The smallest absolute Gasteiger partial charge is 0.126 e. The predicted molar refractivity (Wildman–Crippen MR) is 70.4 cm³/mol. The molecule has 1 aliphatic heterocycles. The summed E-state index contributed by atoms with van der Waals surface area (Å²) in [4.78, 5) is 0. The molecule has 1 fully saturated rings. The quantitative estimate of drug-likeness (QED) is 0.859. The SMILES string of the molecule is CC1SCCC1Nc1c(Cl)cc(F)cc1Cl. The molecule has 0 bridgehead atoms. The van der Waals surface area contributed by atoms with Gasteiger partial charge in [0.1, 0.15) is 5.82 Å². The summed E-state index contributed by atoms with van der Waals surface area (Å²) in [7, 11) is 0. The van der Waals surface area contributed by atoms with Crippen LogP contribution in [0, 0.1) is 5.82 Å². The lowest BCUT2D eigenvalue weighted by Gasteiger charge is -2.19. The molecule has 1 aromatic carbocycles. The van der Waals surface area contributed by atoms with E-state index < -0.39 is 5.82 Å². The lowest BCUT2D eigenvalue weighted by molar-refractivity contribution is 0.628. The summed E-state index contributed by atoms with van der Waals surface area (Å²) in [5.74, 6) is 0.726. The molecular weight excluding hydrogens is 268 g/mol. The summed E-state index contributed by atoms with van der Waals surface area (Å²) in [6, 6.07) is 2.91. The van der Waals surface area contributed by atoms with Crippen molar-refractivity contribution >= 4 is 40.7 Å². The molecule has 88 valence electrons. The maximum Gasteiger partial charge on any atom is 0.126 e. The van der Waals surface area contributed by atoms with E-state index in [4.69, 9.17) is 23.2 Å². The summed E-state index contributed by atoms with van der Waals surface area (Å²) in [6.45, 7) is 2.17. The van der Waals surface area contributed by atoms with Crippen molar-refractivity contribution in [3.05, 3.63) is 28.0 Å². The highest BCUT2D eigenvalue weighted by Gasteiger charge is 2.25. The second-order valence-electron chi connectivity index (χ2n) is 3.86. The van der Waals surface area contributed by atoms with E-state index in [-0.39, 0.29) is 0 Å². The van der Waals surface area contributed by atoms with Crippen molar-refractivity contribution in [2.45, 2.75) is 24.6 Å². The van der Waals surface area contributed by atoms with Crippen LogP contribution in [0.4, 0.5) is 10.1 Å². The molecule has 1 heterocycles. The number of benzene rings is 1. The molecule has 1 N–H and O–H groups in total. The monoisotopic (exact) mass is 279 g/mol. The molecule has 2 rings (SSSR count). The summed E-state index contributed by atoms with van der Waals surface area (Å²) >= 11 is 13.9. The predicted octanol–water partition coefficient (Wildman–Crippen LogP) is 4.44. The Labute approximate surface area is 109 Å². The molecule has 5 heteroatoms. The van der Waals surface area contributed by atoms with Gasteiger partial charge >= 0.3 is 0 Å². The number of halogens is 3. The average Bonchev–Trinajstić information content (AvgIpc) is 2.57. The third-order valence-corrected chi connectivity index (χ3v) is 4.63. The van der Waals surface area contributed by atoms with Gasteiger partial charge in [-0.05, 0) is 24.3 Å². The number of nitrogens with one attached hydrogen (secondary N) is 1. The number of hydrogen-bond acceptors (Lipinski definition) is 2. The Morgan fingerprint density at radius 3 is 2.50 bits per heavy atom. The van der Waals surface area contributed by atoms with Crippen LogP contribution in [0.15, 0.2) is 12.1 Å². The first-order valence-corrected chi connectivity index (χ1v) is 6.91. The normalized spacial score (nSPS) is 24.8. The van der Waals surface area contributed by atoms with E-state index in [1.165, 1.54) is 12.1 Å². The van der Waals surface area contributed by atoms with Crippen LogP contribution in [0.3, 0.4) is 0 Å². The molecule has 0 radical (unpaired) electrons. The fourth-order valence-electron chi connectivity index (χ4n) is 1.79. The molecule has 2 atom stereocenters. The van der Waals surface area contributed by atoms with Crippen LogP contribution in [-0.4, -0.2) is 17.0 Å². The van der Waals surface area contributed by atoms with Crippen LogP contribution in [0.2, 0.25) is 10.0 Å². The second-order valence-corrected chi connectivity index (χ2v) is 6.16. The van der Waals surface area contributed by atoms with Crippen molar-refractivity contribution in [2.24, 2.45) is 0 Å². The lowest BCUT2D eigenvalue weighted by atomic mass is 10.1. The zero-order valence-electron chi connectivity index (χ0n) is 8.77. The number of rotatable bonds is 2. The standard InChI is InChI=1S/C11H12Cl2FNS/c1-6-10(2-3-16-6)15-11-8(12)4-7(14)5-9(11)13/h4-6,10,15H,2-3H2,1H3. The van der Waals surface area contributed by atoms with Crippen molar-refractivity contribution in [3.63, 3.8) is 0 Å². The minimum absolute atomic E-state index is 0.342. The number of thioether (sulfide) groups is 1. The third-order valence-electron chi connectivity index (χ3n) is 2.71. The Balaban J connectivity index is 2.21. The maximum absolute atomic E-state index is 13.0. The molecule has 0 aliphatic carbocycles. The topological polar surface area (TPSA) is 12.0 Å². The number of hydrogen-bond donors (Lipinski definition) is 1. The van der Waals surface area contributed by atoms with Crippen molar-refractivity contribution in [1.82, 2.24) is 0 Å². The molecule has 16 heavy (non-hydrogen) atoms. The van der Waals surface area contributed by atoms with Gasteiger partial charge in [0.05, 0.1) is 15.7 Å². The van der Waals surface area contributed by atoms with Gasteiger partial charge in [-0.3, -0.25) is 0 Å². The fraction of sp³-hybridized carbons (Fsp3) is 0.455. The maximum atomic E-state index is 13.0. The Bertz CT molecular complexity index is 377. The summed E-state index contributed by atoms with van der Waals surface area (Å²) in [6.07, 6.45) is 1.08. The highest BCUT2D eigenvalue weighted by molar-refractivity contribution is 8.00. The van der Waals surface area contributed by atoms with Crippen LogP contribution < -0.4 is 5.32 Å². The van der Waals surface area contributed by atoms with Gasteiger partial charge < -0.3 is 5.32 Å². The van der Waals surface area contributed by atoms with Gasteiger partial charge in [-0.1, -0.05) is 30.1 Å². The van der Waals surface area contributed by atoms with E-state index in [0.717, 1.165) is 12.2 Å². The van der Waals surface area contributed by atoms with Gasteiger partial charge in [0.15, 0.2) is 0 Å². The van der Waals surface area contributed by atoms with Crippen molar-refractivity contribution in [1.29, 1.82) is 0 Å². The molecule has 1 nitrogen and oxygen atoms in total. The fourth-order valence-corrected chi connectivity index (χ4v) is 3.55. The van der Waals surface area contributed by atoms with E-state index in [1.807, 2.05) is 11.8 Å². The van der Waals surface area contributed by atoms with E-state index >= 15 is 0 Å². The van der Waals surface area contributed by atoms with E-state index in [0.29, 0.717) is 27.0 Å². The molecular formula is C11H12Cl2FNS. The van der Waals surface area contributed by atoms with Crippen LogP contribution in [0.5, 0.6) is 0 Å². The molecule has 0 spiro atoms. The average molecular weight is 280 g/mol. The molecule has 1 aromatic rings. The van der Waals surface area contributed by atoms with Gasteiger partial charge in [0.2, 0.25) is 0 Å². The van der Waals surface area contributed by atoms with E-state index in [1.54, 1.807) is 0 Å². The van der Waals surface area contributed by atoms with E-state index in [2.05, 4.69) is 12.2 Å². The highest BCUT2D eigenvalue weighted by atomic mass is 35.5. The Morgan fingerprint density at radius 1 is 1.38 bits per heavy atom. The largest absolute Gasteiger partial charge is 0.379 e. The molecule has 1 saturated heterocycles. The van der Waals surface area contributed by atoms with Crippen molar-refractivity contribution < 1.29 is 4.39 Å². The molecule has 1 aliphatic rings. The Kier molecular flexibility index (Phi) is 3.88. The molecule has 0 aromatic heterocycles.